The summed E-state index contributed by atoms with van der Waals surface area (Å²) in [5, 5.41) is 0.263. The first kappa shape index (κ1) is 21.5. The lowest BCUT2D eigenvalue weighted by atomic mass is 10.0. The van der Waals surface area contributed by atoms with Gasteiger partial charge in [-0.3, -0.25) is 9.59 Å². The molecular formula is C26H23N3O5. The largest absolute Gasteiger partial charge is 0.493 e. The SMILES string of the molecule is COc1cc2[nH]c(=O)n(-c3cccc(C(=O)N4CCCc5ccccc54)c3)c(=O)c2cc1OC. The van der Waals surface area contributed by atoms with E-state index in [9.17, 15) is 14.4 Å². The number of aromatic amines is 1. The predicted molar refractivity (Wildman–Crippen MR) is 130 cm³/mol. The maximum atomic E-state index is 13.4. The van der Waals surface area contributed by atoms with Crippen molar-refractivity contribution >= 4 is 22.5 Å². The van der Waals surface area contributed by atoms with Crippen molar-refractivity contribution < 1.29 is 14.3 Å². The zero-order chi connectivity index (χ0) is 23.8. The molecule has 172 valence electrons. The van der Waals surface area contributed by atoms with Crippen molar-refractivity contribution in [2.24, 2.45) is 0 Å². The molecule has 0 spiro atoms. The lowest BCUT2D eigenvalue weighted by molar-refractivity contribution is 0.0985. The van der Waals surface area contributed by atoms with E-state index in [2.05, 4.69) is 4.98 Å². The summed E-state index contributed by atoms with van der Waals surface area (Å²) >= 11 is 0. The zero-order valence-electron chi connectivity index (χ0n) is 18.8. The number of rotatable bonds is 4. The van der Waals surface area contributed by atoms with Crippen LogP contribution in [0.2, 0.25) is 0 Å². The normalized spacial score (nSPS) is 12.9. The molecule has 8 heteroatoms. The fourth-order valence-corrected chi connectivity index (χ4v) is 4.46. The van der Waals surface area contributed by atoms with Crippen molar-refractivity contribution in [2.45, 2.75) is 12.8 Å². The Hall–Kier alpha value is -4.33. The van der Waals surface area contributed by atoms with E-state index in [4.69, 9.17) is 9.47 Å². The van der Waals surface area contributed by atoms with Crippen molar-refractivity contribution in [1.82, 2.24) is 9.55 Å². The molecule has 3 aromatic carbocycles. The van der Waals surface area contributed by atoms with Crippen LogP contribution in [0, 0.1) is 0 Å². The number of ether oxygens (including phenoxy) is 2. The summed E-state index contributed by atoms with van der Waals surface area (Å²) in [4.78, 5) is 44.1. The number of carbonyl (C=O) groups is 1. The number of carbonyl (C=O) groups excluding carboxylic acids is 1. The van der Waals surface area contributed by atoms with Crippen LogP contribution < -0.4 is 25.6 Å². The number of aromatic nitrogens is 2. The van der Waals surface area contributed by atoms with Crippen LogP contribution in [-0.4, -0.2) is 36.2 Å². The molecule has 0 unspecified atom stereocenters. The Balaban J connectivity index is 1.60. The molecule has 8 nitrogen and oxygen atoms in total. The van der Waals surface area contributed by atoms with Gasteiger partial charge in [0.15, 0.2) is 11.5 Å². The van der Waals surface area contributed by atoms with E-state index in [1.54, 1.807) is 35.2 Å². The van der Waals surface area contributed by atoms with E-state index >= 15 is 0 Å². The highest BCUT2D eigenvalue weighted by molar-refractivity contribution is 6.07. The maximum Gasteiger partial charge on any atom is 0.333 e. The van der Waals surface area contributed by atoms with Gasteiger partial charge in [0.2, 0.25) is 0 Å². The summed E-state index contributed by atoms with van der Waals surface area (Å²) in [5.74, 6) is 0.598. The Morgan fingerprint density at radius 1 is 0.941 bits per heavy atom. The van der Waals surface area contributed by atoms with Gasteiger partial charge in [-0.05, 0) is 48.7 Å². The van der Waals surface area contributed by atoms with Gasteiger partial charge in [-0.1, -0.05) is 24.3 Å². The third-order valence-corrected chi connectivity index (χ3v) is 6.11. The van der Waals surface area contributed by atoms with E-state index in [1.165, 1.54) is 20.3 Å². The third-order valence-electron chi connectivity index (χ3n) is 6.11. The maximum absolute atomic E-state index is 13.4. The molecule has 0 bridgehead atoms. The lowest BCUT2D eigenvalue weighted by Gasteiger charge is -2.29. The first-order valence-corrected chi connectivity index (χ1v) is 10.9. The van der Waals surface area contributed by atoms with Crippen molar-refractivity contribution in [3.8, 4) is 17.2 Å². The second kappa shape index (κ2) is 8.55. The van der Waals surface area contributed by atoms with Crippen molar-refractivity contribution in [3.05, 3.63) is 92.6 Å². The number of H-pyrrole nitrogens is 1. The summed E-state index contributed by atoms with van der Waals surface area (Å²) in [6.07, 6.45) is 1.80. The number of aryl methyl sites for hydroxylation is 1. The van der Waals surface area contributed by atoms with Crippen LogP contribution in [-0.2, 0) is 6.42 Å². The number of amides is 1. The number of fused-ring (bicyclic) bond motifs is 2. The topological polar surface area (TPSA) is 93.6 Å². The lowest BCUT2D eigenvalue weighted by Crippen LogP contribution is -2.36. The van der Waals surface area contributed by atoms with Gasteiger partial charge in [0, 0.05) is 23.9 Å². The average Bonchev–Trinajstić information content (AvgIpc) is 2.87. The molecule has 0 saturated heterocycles. The number of nitrogens with one attached hydrogen (secondary N) is 1. The summed E-state index contributed by atoms with van der Waals surface area (Å²) in [6.45, 7) is 0.609. The third kappa shape index (κ3) is 3.53. The van der Waals surface area contributed by atoms with Gasteiger partial charge in [-0.15, -0.1) is 0 Å². The zero-order valence-corrected chi connectivity index (χ0v) is 18.8. The van der Waals surface area contributed by atoms with Crippen LogP contribution in [0.4, 0.5) is 5.69 Å². The van der Waals surface area contributed by atoms with Crippen molar-refractivity contribution in [2.75, 3.05) is 25.7 Å². The van der Waals surface area contributed by atoms with Gasteiger partial charge in [0.25, 0.3) is 11.5 Å². The molecule has 0 saturated carbocycles. The minimum atomic E-state index is -0.613. The highest BCUT2D eigenvalue weighted by Crippen LogP contribution is 2.30. The number of anilines is 1. The van der Waals surface area contributed by atoms with Gasteiger partial charge < -0.3 is 19.4 Å². The van der Waals surface area contributed by atoms with Crippen LogP contribution >= 0.6 is 0 Å². The van der Waals surface area contributed by atoms with E-state index in [0.29, 0.717) is 34.8 Å². The molecule has 1 aliphatic heterocycles. The Morgan fingerprint density at radius 2 is 1.71 bits per heavy atom. The highest BCUT2D eigenvalue weighted by Gasteiger charge is 2.24. The molecule has 34 heavy (non-hydrogen) atoms. The Morgan fingerprint density at radius 3 is 2.50 bits per heavy atom. The summed E-state index contributed by atoms with van der Waals surface area (Å²) < 4.78 is 11.6. The first-order chi connectivity index (χ1) is 16.5. The van der Waals surface area contributed by atoms with Crippen LogP contribution in [0.5, 0.6) is 11.5 Å². The standard InChI is InChI=1S/C26H23N3O5/c1-33-22-14-19-20(15-23(22)34-2)27-26(32)29(25(19)31)18-10-5-8-17(13-18)24(30)28-12-6-9-16-7-3-4-11-21(16)28/h3-5,7-8,10-11,13-15H,6,9,12H2,1-2H3,(H,27,32). The van der Waals surface area contributed by atoms with Crippen LogP contribution in [0.1, 0.15) is 22.3 Å². The Labute approximate surface area is 195 Å². The quantitative estimate of drug-likeness (QED) is 0.508. The highest BCUT2D eigenvalue weighted by atomic mass is 16.5. The average molecular weight is 457 g/mol. The molecule has 5 rings (SSSR count). The molecule has 1 aliphatic rings. The van der Waals surface area contributed by atoms with Gasteiger partial charge in [0.05, 0.1) is 30.8 Å². The van der Waals surface area contributed by atoms with Gasteiger partial charge in [0.1, 0.15) is 0 Å². The molecule has 1 amide bonds. The summed E-state index contributed by atoms with van der Waals surface area (Å²) in [6, 6.07) is 17.5. The minimum Gasteiger partial charge on any atom is -0.493 e. The molecule has 2 heterocycles. The predicted octanol–water partition coefficient (Wildman–Crippen LogP) is 3.29. The molecule has 0 radical (unpaired) electrons. The Kier molecular flexibility index (Phi) is 5.41. The number of nitrogens with zero attached hydrogens (tertiary/aromatic N) is 2. The van der Waals surface area contributed by atoms with E-state index < -0.39 is 11.2 Å². The van der Waals surface area contributed by atoms with Crippen LogP contribution in [0.15, 0.2) is 70.3 Å². The molecular weight excluding hydrogens is 434 g/mol. The van der Waals surface area contributed by atoms with Crippen molar-refractivity contribution in [1.29, 1.82) is 0 Å². The molecule has 0 fully saturated rings. The second-order valence-electron chi connectivity index (χ2n) is 8.06. The first-order valence-electron chi connectivity index (χ1n) is 10.9. The number of para-hydroxylation sites is 1. The summed E-state index contributed by atoms with van der Waals surface area (Å²) in [7, 11) is 2.95. The Bertz CT molecular complexity index is 1540. The molecule has 1 aromatic heterocycles. The minimum absolute atomic E-state index is 0.175. The number of benzene rings is 3. The van der Waals surface area contributed by atoms with E-state index in [0.717, 1.165) is 28.7 Å². The van der Waals surface area contributed by atoms with E-state index in [1.807, 2.05) is 24.3 Å². The van der Waals surface area contributed by atoms with Crippen LogP contribution in [0.25, 0.3) is 16.6 Å². The van der Waals surface area contributed by atoms with Gasteiger partial charge in [-0.25, -0.2) is 9.36 Å². The molecule has 0 atom stereocenters. The number of methoxy groups -OCH3 is 2. The number of hydrogen-bond donors (Lipinski definition) is 1. The van der Waals surface area contributed by atoms with E-state index in [-0.39, 0.29) is 11.3 Å². The molecule has 4 aromatic rings. The monoisotopic (exact) mass is 457 g/mol. The summed E-state index contributed by atoms with van der Waals surface area (Å²) in [5.41, 5.74) is 1.93. The van der Waals surface area contributed by atoms with Crippen molar-refractivity contribution in [3.63, 3.8) is 0 Å². The molecule has 0 aliphatic carbocycles. The van der Waals surface area contributed by atoms with Gasteiger partial charge >= 0.3 is 5.69 Å². The second-order valence-corrected chi connectivity index (χ2v) is 8.06. The fourth-order valence-electron chi connectivity index (χ4n) is 4.46. The van der Waals surface area contributed by atoms with Crippen LogP contribution in [0.3, 0.4) is 0 Å². The van der Waals surface area contributed by atoms with Gasteiger partial charge in [-0.2, -0.15) is 0 Å². The number of hydrogen-bond acceptors (Lipinski definition) is 5. The molecule has 1 N–H and O–H groups in total. The smallest absolute Gasteiger partial charge is 0.333 e. The fraction of sp³-hybridized carbons (Fsp3) is 0.192.